The highest BCUT2D eigenvalue weighted by molar-refractivity contribution is 6.30. The van der Waals surface area contributed by atoms with Crippen LogP contribution in [0.5, 0.6) is 0 Å². The molecule has 0 saturated heterocycles. The fraction of sp³-hybridized carbons (Fsp3) is 0.0952. The van der Waals surface area contributed by atoms with Gasteiger partial charge in [-0.1, -0.05) is 35.9 Å². The standard InChI is InChI=1S/C21H16ClFN4O/c1-27-20-18(12-25-27)17(10-19(26-20)14-5-3-7-16(23)9-14)21(28)24-11-13-4-2-6-15(22)8-13/h2-10,12H,11H2,1H3,(H,24,28). The molecule has 0 aliphatic rings. The first-order valence-electron chi connectivity index (χ1n) is 8.62. The summed E-state index contributed by atoms with van der Waals surface area (Å²) < 4.78 is 15.2. The van der Waals surface area contributed by atoms with Crippen LogP contribution in [0.4, 0.5) is 4.39 Å². The van der Waals surface area contributed by atoms with E-state index in [1.165, 1.54) is 12.1 Å². The van der Waals surface area contributed by atoms with Gasteiger partial charge in [0.2, 0.25) is 0 Å². The number of nitrogens with zero attached hydrogens (tertiary/aromatic N) is 3. The quantitative estimate of drug-likeness (QED) is 0.559. The Morgan fingerprint density at radius 1 is 1.18 bits per heavy atom. The van der Waals surface area contributed by atoms with Crippen molar-refractivity contribution in [2.24, 2.45) is 7.05 Å². The normalized spacial score (nSPS) is 11.0. The number of hydrogen-bond acceptors (Lipinski definition) is 3. The van der Waals surface area contributed by atoms with Gasteiger partial charge in [-0.3, -0.25) is 9.48 Å². The summed E-state index contributed by atoms with van der Waals surface area (Å²) in [7, 11) is 1.75. The molecule has 0 radical (unpaired) electrons. The molecule has 1 N–H and O–H groups in total. The van der Waals surface area contributed by atoms with Crippen LogP contribution in [-0.2, 0) is 13.6 Å². The van der Waals surface area contributed by atoms with E-state index in [-0.39, 0.29) is 11.7 Å². The van der Waals surface area contributed by atoms with Gasteiger partial charge in [0.1, 0.15) is 5.82 Å². The molecule has 7 heteroatoms. The Morgan fingerprint density at radius 2 is 2.00 bits per heavy atom. The third-order valence-corrected chi connectivity index (χ3v) is 4.65. The molecule has 0 saturated carbocycles. The maximum atomic E-state index is 13.7. The van der Waals surface area contributed by atoms with Gasteiger partial charge in [0.25, 0.3) is 5.91 Å². The Morgan fingerprint density at radius 3 is 2.79 bits per heavy atom. The number of aryl methyl sites for hydroxylation is 1. The van der Waals surface area contributed by atoms with Crippen LogP contribution in [0.15, 0.2) is 60.8 Å². The lowest BCUT2D eigenvalue weighted by atomic mass is 10.1. The molecular weight excluding hydrogens is 379 g/mol. The van der Waals surface area contributed by atoms with Gasteiger partial charge in [-0.2, -0.15) is 5.10 Å². The number of aromatic nitrogens is 3. The molecule has 0 fully saturated rings. The number of carbonyl (C=O) groups excluding carboxylic acids is 1. The average Bonchev–Trinajstić information content (AvgIpc) is 3.06. The summed E-state index contributed by atoms with van der Waals surface area (Å²) in [6.07, 6.45) is 1.60. The molecule has 0 spiro atoms. The minimum absolute atomic E-state index is 0.266. The van der Waals surface area contributed by atoms with Gasteiger partial charge in [-0.05, 0) is 35.9 Å². The minimum Gasteiger partial charge on any atom is -0.348 e. The number of carbonyl (C=O) groups is 1. The van der Waals surface area contributed by atoms with Crippen LogP contribution in [0.25, 0.3) is 22.3 Å². The van der Waals surface area contributed by atoms with Crippen LogP contribution < -0.4 is 5.32 Å². The SMILES string of the molecule is Cn1ncc2c(C(=O)NCc3cccc(Cl)c3)cc(-c3cccc(F)c3)nc21. The average molecular weight is 395 g/mol. The van der Waals surface area contributed by atoms with Crippen molar-refractivity contribution in [1.82, 2.24) is 20.1 Å². The van der Waals surface area contributed by atoms with Crippen LogP contribution >= 0.6 is 11.6 Å². The molecule has 2 heterocycles. The van der Waals surface area contributed by atoms with Crippen LogP contribution in [-0.4, -0.2) is 20.7 Å². The van der Waals surface area contributed by atoms with Crippen molar-refractivity contribution in [3.63, 3.8) is 0 Å². The summed E-state index contributed by atoms with van der Waals surface area (Å²) in [4.78, 5) is 17.4. The number of benzene rings is 2. The molecule has 2 aromatic carbocycles. The molecule has 2 aromatic heterocycles. The largest absolute Gasteiger partial charge is 0.348 e. The van der Waals surface area contributed by atoms with Crippen LogP contribution in [0.3, 0.4) is 0 Å². The monoisotopic (exact) mass is 394 g/mol. The van der Waals surface area contributed by atoms with E-state index in [2.05, 4.69) is 15.4 Å². The van der Waals surface area contributed by atoms with Gasteiger partial charge in [0, 0.05) is 24.2 Å². The highest BCUT2D eigenvalue weighted by Gasteiger charge is 2.17. The van der Waals surface area contributed by atoms with Crippen molar-refractivity contribution >= 4 is 28.5 Å². The molecule has 140 valence electrons. The second-order valence-electron chi connectivity index (χ2n) is 6.38. The molecule has 0 bridgehead atoms. The van der Waals surface area contributed by atoms with Gasteiger partial charge < -0.3 is 5.32 Å². The Kier molecular flexibility index (Phi) is 4.79. The van der Waals surface area contributed by atoms with Gasteiger partial charge in [-0.15, -0.1) is 0 Å². The summed E-state index contributed by atoms with van der Waals surface area (Å²) in [5.41, 5.74) is 2.97. The summed E-state index contributed by atoms with van der Waals surface area (Å²) in [5, 5.41) is 8.34. The van der Waals surface area contributed by atoms with Crippen molar-refractivity contribution in [2.75, 3.05) is 0 Å². The predicted molar refractivity (Wildman–Crippen MR) is 107 cm³/mol. The zero-order valence-electron chi connectivity index (χ0n) is 15.0. The van der Waals surface area contributed by atoms with E-state index in [0.717, 1.165) is 5.56 Å². The summed E-state index contributed by atoms with van der Waals surface area (Å²) >= 11 is 6.00. The van der Waals surface area contributed by atoms with Gasteiger partial charge in [-0.25, -0.2) is 9.37 Å². The highest BCUT2D eigenvalue weighted by Crippen LogP contribution is 2.25. The number of fused-ring (bicyclic) bond motifs is 1. The van der Waals surface area contributed by atoms with Gasteiger partial charge >= 0.3 is 0 Å². The number of halogens is 2. The molecule has 4 rings (SSSR count). The molecule has 4 aromatic rings. The first-order chi connectivity index (χ1) is 13.5. The molecule has 5 nitrogen and oxygen atoms in total. The first kappa shape index (κ1) is 18.1. The van der Waals surface area contributed by atoms with E-state index in [9.17, 15) is 9.18 Å². The summed E-state index contributed by atoms with van der Waals surface area (Å²) in [6, 6.07) is 15.1. The molecule has 1 amide bonds. The van der Waals surface area contributed by atoms with Crippen molar-refractivity contribution in [2.45, 2.75) is 6.54 Å². The first-order valence-corrected chi connectivity index (χ1v) is 9.00. The maximum absolute atomic E-state index is 13.7. The summed E-state index contributed by atoms with van der Waals surface area (Å²) in [6.45, 7) is 0.332. The fourth-order valence-corrected chi connectivity index (χ4v) is 3.24. The van der Waals surface area contributed by atoms with Crippen LogP contribution in [0, 0.1) is 5.82 Å². The third-order valence-electron chi connectivity index (χ3n) is 4.41. The Labute approximate surface area is 165 Å². The molecule has 0 aliphatic heterocycles. The second-order valence-corrected chi connectivity index (χ2v) is 6.82. The molecule has 28 heavy (non-hydrogen) atoms. The van der Waals surface area contributed by atoms with E-state index in [1.54, 1.807) is 48.3 Å². The Bertz CT molecular complexity index is 1190. The predicted octanol–water partition coefficient (Wildman–Crippen LogP) is 4.36. The third kappa shape index (κ3) is 3.59. The van der Waals surface area contributed by atoms with E-state index < -0.39 is 0 Å². The zero-order chi connectivity index (χ0) is 19.7. The van der Waals surface area contributed by atoms with Crippen molar-refractivity contribution in [1.29, 1.82) is 0 Å². The maximum Gasteiger partial charge on any atom is 0.252 e. The Balaban J connectivity index is 1.72. The Hall–Kier alpha value is -3.25. The number of amides is 1. The fourth-order valence-electron chi connectivity index (χ4n) is 3.02. The lowest BCUT2D eigenvalue weighted by Crippen LogP contribution is -2.23. The van der Waals surface area contributed by atoms with Crippen molar-refractivity contribution < 1.29 is 9.18 Å². The number of rotatable bonds is 4. The number of pyridine rings is 1. The van der Waals surface area contributed by atoms with E-state index in [1.807, 2.05) is 12.1 Å². The molecular formula is C21H16ClFN4O. The number of hydrogen-bond donors (Lipinski definition) is 1. The van der Waals surface area contributed by atoms with Crippen molar-refractivity contribution in [3.05, 3.63) is 82.8 Å². The molecule has 0 atom stereocenters. The molecule has 0 aliphatic carbocycles. The highest BCUT2D eigenvalue weighted by atomic mass is 35.5. The zero-order valence-corrected chi connectivity index (χ0v) is 15.7. The van der Waals surface area contributed by atoms with E-state index >= 15 is 0 Å². The molecule has 0 unspecified atom stereocenters. The van der Waals surface area contributed by atoms with Crippen LogP contribution in [0.1, 0.15) is 15.9 Å². The van der Waals surface area contributed by atoms with E-state index in [0.29, 0.717) is 39.4 Å². The minimum atomic E-state index is -0.364. The number of nitrogens with one attached hydrogen (secondary N) is 1. The van der Waals surface area contributed by atoms with Gasteiger partial charge in [0.05, 0.1) is 22.8 Å². The lowest BCUT2D eigenvalue weighted by molar-refractivity contribution is 0.0952. The van der Waals surface area contributed by atoms with Crippen molar-refractivity contribution in [3.8, 4) is 11.3 Å². The second kappa shape index (κ2) is 7.40. The van der Waals surface area contributed by atoms with Gasteiger partial charge in [0.15, 0.2) is 5.65 Å². The lowest BCUT2D eigenvalue weighted by Gasteiger charge is -2.09. The topological polar surface area (TPSA) is 59.8 Å². The smallest absolute Gasteiger partial charge is 0.252 e. The van der Waals surface area contributed by atoms with Crippen LogP contribution in [0.2, 0.25) is 5.02 Å². The summed E-state index contributed by atoms with van der Waals surface area (Å²) in [5.74, 6) is -0.630. The van der Waals surface area contributed by atoms with E-state index in [4.69, 9.17) is 11.6 Å².